The highest BCUT2D eigenvalue weighted by atomic mass is 32.2. The Morgan fingerprint density at radius 1 is 1.03 bits per heavy atom. The molecule has 0 radical (unpaired) electrons. The number of carbonyl (C=O) groups is 3. The lowest BCUT2D eigenvalue weighted by molar-refractivity contribution is -0.165. The number of carbonyl (C=O) groups excluding carboxylic acids is 2. The van der Waals surface area contributed by atoms with Gasteiger partial charge in [0.2, 0.25) is 5.91 Å². The lowest BCUT2D eigenvalue weighted by Crippen LogP contribution is -2.51. The van der Waals surface area contributed by atoms with Gasteiger partial charge < -0.3 is 25.2 Å². The van der Waals surface area contributed by atoms with E-state index in [4.69, 9.17) is 9.84 Å². The highest BCUT2D eigenvalue weighted by Crippen LogP contribution is 2.44. The first-order valence-corrected chi connectivity index (χ1v) is 12.4. The van der Waals surface area contributed by atoms with Gasteiger partial charge in [0.25, 0.3) is 0 Å². The van der Waals surface area contributed by atoms with E-state index in [-0.39, 0.29) is 50.1 Å². The fourth-order valence-electron chi connectivity index (χ4n) is 4.47. The minimum Gasteiger partial charge on any atom is -0.479 e. The summed E-state index contributed by atoms with van der Waals surface area (Å²) in [5.74, 6) is -0.555. The molecule has 0 bridgehead atoms. The van der Waals surface area contributed by atoms with E-state index in [1.807, 2.05) is 24.3 Å². The van der Waals surface area contributed by atoms with Crippen LogP contribution >= 0.6 is 11.8 Å². The number of hydrogen-bond donors (Lipinski definition) is 3. The number of nitrogens with zero attached hydrogens (tertiary/aromatic N) is 1. The van der Waals surface area contributed by atoms with Crippen molar-refractivity contribution < 1.29 is 29.3 Å². The standard InChI is InChI=1S/C25H28N2O6S/c28-22(27-12-9-25(32,10-13-27)23(29)30)16-34-14-11-26-24(31)33-15-21-19-7-3-1-5-17(19)18-6-2-4-8-20(18)21/h1-8,21,32H,9-16H2,(H,26,31)(H,29,30). The van der Waals surface area contributed by atoms with Gasteiger partial charge in [-0.25, -0.2) is 9.59 Å². The number of fused-ring (bicyclic) bond motifs is 3. The van der Waals surface area contributed by atoms with E-state index in [1.165, 1.54) is 22.9 Å². The first-order chi connectivity index (χ1) is 16.4. The Labute approximate surface area is 202 Å². The molecule has 180 valence electrons. The zero-order valence-corrected chi connectivity index (χ0v) is 19.6. The number of thioether (sulfide) groups is 1. The molecule has 2 amide bonds. The third-order valence-corrected chi connectivity index (χ3v) is 7.37. The molecule has 1 heterocycles. The largest absolute Gasteiger partial charge is 0.479 e. The van der Waals surface area contributed by atoms with Gasteiger partial charge in [0.05, 0.1) is 5.75 Å². The number of aliphatic carboxylic acids is 1. The van der Waals surface area contributed by atoms with E-state index in [2.05, 4.69) is 29.6 Å². The van der Waals surface area contributed by atoms with Crippen LogP contribution in [0.4, 0.5) is 4.79 Å². The molecular weight excluding hydrogens is 456 g/mol. The second-order valence-electron chi connectivity index (χ2n) is 8.52. The molecule has 2 aromatic carbocycles. The first-order valence-electron chi connectivity index (χ1n) is 11.3. The molecule has 2 aromatic rings. The van der Waals surface area contributed by atoms with E-state index in [0.717, 1.165) is 11.1 Å². The van der Waals surface area contributed by atoms with E-state index >= 15 is 0 Å². The number of rotatable bonds is 8. The summed E-state index contributed by atoms with van der Waals surface area (Å²) in [6.45, 7) is 1.07. The SMILES string of the molecule is O=C(NCCSCC(=O)N1CCC(O)(C(=O)O)CC1)OCC1c2ccccc2-c2ccccc21. The van der Waals surface area contributed by atoms with Crippen molar-refractivity contribution in [2.24, 2.45) is 0 Å². The average Bonchev–Trinajstić information content (AvgIpc) is 3.16. The molecule has 1 aliphatic carbocycles. The molecule has 9 heteroatoms. The van der Waals surface area contributed by atoms with Gasteiger partial charge in [-0.2, -0.15) is 11.8 Å². The van der Waals surface area contributed by atoms with Crippen LogP contribution in [0.2, 0.25) is 0 Å². The van der Waals surface area contributed by atoms with Gasteiger partial charge in [-0.3, -0.25) is 4.79 Å². The number of benzene rings is 2. The summed E-state index contributed by atoms with van der Waals surface area (Å²) >= 11 is 1.39. The van der Waals surface area contributed by atoms with Crippen molar-refractivity contribution in [1.82, 2.24) is 10.2 Å². The van der Waals surface area contributed by atoms with Crippen LogP contribution < -0.4 is 5.32 Å². The van der Waals surface area contributed by atoms with E-state index in [1.54, 1.807) is 4.90 Å². The Balaban J connectivity index is 1.15. The summed E-state index contributed by atoms with van der Waals surface area (Å²) in [6.07, 6.45) is -0.428. The van der Waals surface area contributed by atoms with Crippen LogP contribution in [-0.4, -0.2) is 76.4 Å². The molecule has 1 aliphatic heterocycles. The highest BCUT2D eigenvalue weighted by molar-refractivity contribution is 7.99. The lowest BCUT2D eigenvalue weighted by Gasteiger charge is -2.35. The zero-order chi connectivity index (χ0) is 24.1. The Hall–Kier alpha value is -3.04. The minimum atomic E-state index is -1.74. The summed E-state index contributed by atoms with van der Waals surface area (Å²) in [6, 6.07) is 16.3. The van der Waals surface area contributed by atoms with Crippen molar-refractivity contribution in [2.45, 2.75) is 24.4 Å². The van der Waals surface area contributed by atoms with Gasteiger partial charge in [0.15, 0.2) is 5.60 Å². The fraction of sp³-hybridized carbons (Fsp3) is 0.400. The maximum absolute atomic E-state index is 12.3. The predicted molar refractivity (Wildman–Crippen MR) is 129 cm³/mol. The monoisotopic (exact) mass is 484 g/mol. The van der Waals surface area contributed by atoms with Crippen LogP contribution in [0.15, 0.2) is 48.5 Å². The minimum absolute atomic E-state index is 0.00785. The number of piperidine rings is 1. The summed E-state index contributed by atoms with van der Waals surface area (Å²) in [5.41, 5.74) is 2.93. The number of hydrogen-bond acceptors (Lipinski definition) is 6. The van der Waals surface area contributed by atoms with Crippen molar-refractivity contribution in [3.63, 3.8) is 0 Å². The molecule has 34 heavy (non-hydrogen) atoms. The summed E-state index contributed by atoms with van der Waals surface area (Å²) < 4.78 is 5.50. The van der Waals surface area contributed by atoms with Crippen LogP contribution in [0.5, 0.6) is 0 Å². The average molecular weight is 485 g/mol. The van der Waals surface area contributed by atoms with Gasteiger partial charge in [0, 0.05) is 44.1 Å². The normalized spacial score (nSPS) is 16.4. The molecule has 0 aromatic heterocycles. The Morgan fingerprint density at radius 3 is 2.21 bits per heavy atom. The molecule has 2 aliphatic rings. The third-order valence-electron chi connectivity index (χ3n) is 6.43. The van der Waals surface area contributed by atoms with Crippen molar-refractivity contribution in [3.8, 4) is 11.1 Å². The molecule has 4 rings (SSSR count). The fourth-order valence-corrected chi connectivity index (χ4v) is 5.21. The van der Waals surface area contributed by atoms with E-state index < -0.39 is 17.7 Å². The summed E-state index contributed by atoms with van der Waals surface area (Å²) in [4.78, 5) is 37.1. The van der Waals surface area contributed by atoms with Gasteiger partial charge in [-0.15, -0.1) is 0 Å². The molecule has 3 N–H and O–H groups in total. The van der Waals surface area contributed by atoms with Crippen molar-refractivity contribution >= 4 is 29.7 Å². The second kappa shape index (κ2) is 10.5. The Bertz CT molecular complexity index is 1020. The lowest BCUT2D eigenvalue weighted by atomic mass is 9.92. The van der Waals surface area contributed by atoms with E-state index in [9.17, 15) is 19.5 Å². The molecule has 0 atom stereocenters. The number of aliphatic hydroxyl groups is 1. The number of carboxylic acid groups (broad SMARTS) is 1. The zero-order valence-electron chi connectivity index (χ0n) is 18.7. The number of carboxylic acids is 1. The second-order valence-corrected chi connectivity index (χ2v) is 9.63. The van der Waals surface area contributed by atoms with Crippen molar-refractivity contribution in [1.29, 1.82) is 0 Å². The first kappa shape index (κ1) is 24.1. The number of nitrogens with one attached hydrogen (secondary N) is 1. The van der Waals surface area contributed by atoms with Gasteiger partial charge in [-0.1, -0.05) is 48.5 Å². The van der Waals surface area contributed by atoms with Crippen molar-refractivity contribution in [2.75, 3.05) is 37.7 Å². The molecule has 0 saturated carbocycles. The third kappa shape index (κ3) is 5.20. The molecule has 1 saturated heterocycles. The van der Waals surface area contributed by atoms with Crippen molar-refractivity contribution in [3.05, 3.63) is 59.7 Å². The summed E-state index contributed by atoms with van der Waals surface area (Å²) in [5, 5.41) is 21.7. The number of ether oxygens (including phenoxy) is 1. The highest BCUT2D eigenvalue weighted by Gasteiger charge is 2.40. The number of alkyl carbamates (subject to hydrolysis) is 1. The van der Waals surface area contributed by atoms with E-state index in [0.29, 0.717) is 12.3 Å². The maximum Gasteiger partial charge on any atom is 0.407 e. The van der Waals surface area contributed by atoms with Crippen LogP contribution in [0.3, 0.4) is 0 Å². The van der Waals surface area contributed by atoms with Gasteiger partial charge >= 0.3 is 12.1 Å². The predicted octanol–water partition coefficient (Wildman–Crippen LogP) is 2.70. The molecule has 1 fully saturated rings. The molecular formula is C25H28N2O6S. The maximum atomic E-state index is 12.3. The van der Waals surface area contributed by atoms with Crippen LogP contribution in [-0.2, 0) is 14.3 Å². The van der Waals surface area contributed by atoms with Crippen LogP contribution in [0.25, 0.3) is 11.1 Å². The molecule has 8 nitrogen and oxygen atoms in total. The number of amides is 2. The Kier molecular flexibility index (Phi) is 7.43. The number of likely N-dealkylation sites (tertiary alicyclic amines) is 1. The molecule has 0 spiro atoms. The quantitative estimate of drug-likeness (QED) is 0.493. The van der Waals surface area contributed by atoms with Crippen LogP contribution in [0.1, 0.15) is 29.9 Å². The van der Waals surface area contributed by atoms with Gasteiger partial charge in [0.1, 0.15) is 6.61 Å². The topological polar surface area (TPSA) is 116 Å². The van der Waals surface area contributed by atoms with Crippen LogP contribution in [0, 0.1) is 0 Å². The van der Waals surface area contributed by atoms with Gasteiger partial charge in [-0.05, 0) is 22.3 Å². The Morgan fingerprint density at radius 2 is 1.62 bits per heavy atom. The smallest absolute Gasteiger partial charge is 0.407 e. The molecule has 0 unspecified atom stereocenters. The summed E-state index contributed by atoms with van der Waals surface area (Å²) in [7, 11) is 0.